The van der Waals surface area contributed by atoms with Gasteiger partial charge in [-0.05, 0) is 56.2 Å². The van der Waals surface area contributed by atoms with Gasteiger partial charge in [-0.25, -0.2) is 0 Å². The Balaban J connectivity index is 1.70. The smallest absolute Gasteiger partial charge is 0.268 e. The summed E-state index contributed by atoms with van der Waals surface area (Å²) >= 11 is 0. The molecule has 2 atom stereocenters. The third kappa shape index (κ3) is 3.65. The van der Waals surface area contributed by atoms with Gasteiger partial charge in [-0.1, -0.05) is 18.2 Å². The van der Waals surface area contributed by atoms with E-state index < -0.39 is 6.10 Å². The van der Waals surface area contributed by atoms with Crippen LogP contribution >= 0.6 is 0 Å². The molecule has 1 aliphatic heterocycles. The zero-order valence-corrected chi connectivity index (χ0v) is 14.7. The molecule has 2 amide bonds. The van der Waals surface area contributed by atoms with Crippen LogP contribution in [0.5, 0.6) is 5.75 Å². The first kappa shape index (κ1) is 17.0. The van der Waals surface area contributed by atoms with E-state index in [0.717, 1.165) is 12.1 Å². The van der Waals surface area contributed by atoms with Crippen molar-refractivity contribution in [3.63, 3.8) is 0 Å². The minimum Gasteiger partial charge on any atom is -0.481 e. The maximum absolute atomic E-state index is 12.9. The van der Waals surface area contributed by atoms with Crippen molar-refractivity contribution in [3.8, 4) is 5.75 Å². The molecule has 0 unspecified atom stereocenters. The number of carbonyl (C=O) groups is 2. The summed E-state index contributed by atoms with van der Waals surface area (Å²) in [5, 5.41) is 2.70. The molecule has 5 heteroatoms. The fourth-order valence-electron chi connectivity index (χ4n) is 3.17. The van der Waals surface area contributed by atoms with Crippen molar-refractivity contribution < 1.29 is 14.3 Å². The molecular formula is C20H22N2O3. The van der Waals surface area contributed by atoms with Gasteiger partial charge < -0.3 is 15.0 Å². The van der Waals surface area contributed by atoms with Crippen molar-refractivity contribution in [2.24, 2.45) is 0 Å². The fraction of sp³-hybridized carbons (Fsp3) is 0.300. The van der Waals surface area contributed by atoms with Crippen LogP contribution in [0.25, 0.3) is 0 Å². The number of ether oxygens (including phenoxy) is 1. The molecule has 1 heterocycles. The van der Waals surface area contributed by atoms with Gasteiger partial charge in [0.25, 0.3) is 5.91 Å². The first-order valence-corrected chi connectivity index (χ1v) is 8.41. The lowest BCUT2D eigenvalue weighted by molar-refractivity contribution is -0.124. The maximum Gasteiger partial charge on any atom is 0.268 e. The Morgan fingerprint density at radius 1 is 1.16 bits per heavy atom. The Labute approximate surface area is 147 Å². The van der Waals surface area contributed by atoms with Crippen molar-refractivity contribution >= 4 is 23.2 Å². The second kappa shape index (κ2) is 6.97. The van der Waals surface area contributed by atoms with E-state index >= 15 is 0 Å². The number of anilines is 2. The van der Waals surface area contributed by atoms with Crippen LogP contribution in [0.4, 0.5) is 11.4 Å². The largest absolute Gasteiger partial charge is 0.481 e. The molecule has 0 radical (unpaired) electrons. The van der Waals surface area contributed by atoms with Crippen molar-refractivity contribution in [1.82, 2.24) is 0 Å². The highest BCUT2D eigenvalue weighted by atomic mass is 16.5. The van der Waals surface area contributed by atoms with E-state index in [-0.39, 0.29) is 17.9 Å². The number of rotatable bonds is 4. The summed E-state index contributed by atoms with van der Waals surface area (Å²) in [4.78, 5) is 25.8. The Bertz CT molecular complexity index is 786. The van der Waals surface area contributed by atoms with Crippen LogP contribution in [0.3, 0.4) is 0 Å². The average Bonchev–Trinajstić information content (AvgIpc) is 2.91. The zero-order valence-electron chi connectivity index (χ0n) is 14.7. The summed E-state index contributed by atoms with van der Waals surface area (Å²) in [6.07, 6.45) is 0.264. The Kier molecular flexibility index (Phi) is 4.74. The molecule has 0 bridgehead atoms. The molecule has 0 aromatic heterocycles. The SMILES string of the molecule is CC(=O)Nc1ccc(O[C@H](C)C(=O)N2c3ccccc3C[C@H]2C)cc1. The lowest BCUT2D eigenvalue weighted by Crippen LogP contribution is -2.43. The Hall–Kier alpha value is -2.82. The van der Waals surface area contributed by atoms with Crippen molar-refractivity contribution in [3.05, 3.63) is 54.1 Å². The van der Waals surface area contributed by atoms with Gasteiger partial charge in [0, 0.05) is 24.3 Å². The van der Waals surface area contributed by atoms with E-state index in [1.54, 1.807) is 31.2 Å². The molecule has 0 saturated heterocycles. The molecule has 0 spiro atoms. The first-order valence-electron chi connectivity index (χ1n) is 8.41. The highest BCUT2D eigenvalue weighted by molar-refractivity contribution is 5.99. The Morgan fingerprint density at radius 2 is 1.84 bits per heavy atom. The number of benzene rings is 2. The van der Waals surface area contributed by atoms with E-state index in [2.05, 4.69) is 11.4 Å². The number of fused-ring (bicyclic) bond motifs is 1. The second-order valence-electron chi connectivity index (χ2n) is 6.36. The minimum absolute atomic E-state index is 0.0524. The van der Waals surface area contributed by atoms with Crippen LogP contribution in [0.1, 0.15) is 26.3 Å². The quantitative estimate of drug-likeness (QED) is 0.929. The first-order chi connectivity index (χ1) is 12.0. The molecule has 5 nitrogen and oxygen atoms in total. The van der Waals surface area contributed by atoms with Gasteiger partial charge in [-0.15, -0.1) is 0 Å². The summed E-state index contributed by atoms with van der Waals surface area (Å²) in [6, 6.07) is 15.1. The summed E-state index contributed by atoms with van der Waals surface area (Å²) in [5.41, 5.74) is 2.85. The minimum atomic E-state index is -0.597. The Morgan fingerprint density at radius 3 is 2.52 bits per heavy atom. The number of carbonyl (C=O) groups excluding carboxylic acids is 2. The zero-order chi connectivity index (χ0) is 18.0. The van der Waals surface area contributed by atoms with E-state index in [4.69, 9.17) is 4.74 Å². The third-order valence-electron chi connectivity index (χ3n) is 4.28. The predicted molar refractivity (Wildman–Crippen MR) is 97.9 cm³/mol. The van der Waals surface area contributed by atoms with Crippen LogP contribution < -0.4 is 15.0 Å². The van der Waals surface area contributed by atoms with Crippen LogP contribution in [0.15, 0.2) is 48.5 Å². The summed E-state index contributed by atoms with van der Waals surface area (Å²) < 4.78 is 5.81. The van der Waals surface area contributed by atoms with Crippen molar-refractivity contribution in [2.75, 3.05) is 10.2 Å². The van der Waals surface area contributed by atoms with Gasteiger partial charge in [0.15, 0.2) is 6.10 Å². The monoisotopic (exact) mass is 338 g/mol. The molecule has 1 aliphatic rings. The molecular weight excluding hydrogens is 316 g/mol. The topological polar surface area (TPSA) is 58.6 Å². The second-order valence-corrected chi connectivity index (χ2v) is 6.36. The number of nitrogens with zero attached hydrogens (tertiary/aromatic N) is 1. The third-order valence-corrected chi connectivity index (χ3v) is 4.28. The highest BCUT2D eigenvalue weighted by Gasteiger charge is 2.33. The van der Waals surface area contributed by atoms with Crippen LogP contribution in [0, 0.1) is 0 Å². The van der Waals surface area contributed by atoms with E-state index in [9.17, 15) is 9.59 Å². The average molecular weight is 338 g/mol. The van der Waals surface area contributed by atoms with Crippen LogP contribution in [-0.4, -0.2) is 24.0 Å². The molecule has 25 heavy (non-hydrogen) atoms. The normalized spacial score (nSPS) is 16.9. The van der Waals surface area contributed by atoms with E-state index in [1.807, 2.05) is 30.0 Å². The molecule has 3 rings (SSSR count). The lowest BCUT2D eigenvalue weighted by Gasteiger charge is -2.26. The number of para-hydroxylation sites is 1. The van der Waals surface area contributed by atoms with Crippen molar-refractivity contribution in [2.45, 2.75) is 39.3 Å². The number of nitrogens with one attached hydrogen (secondary N) is 1. The summed E-state index contributed by atoms with van der Waals surface area (Å²) in [6.45, 7) is 5.27. The van der Waals surface area contributed by atoms with Gasteiger partial charge in [-0.2, -0.15) is 0 Å². The number of amides is 2. The highest BCUT2D eigenvalue weighted by Crippen LogP contribution is 2.32. The standard InChI is InChI=1S/C20H22N2O3/c1-13-12-16-6-4-5-7-19(16)22(13)20(24)14(2)25-18-10-8-17(9-11-18)21-15(3)23/h4-11,13-14H,12H2,1-3H3,(H,21,23)/t13-,14-/m1/s1. The molecule has 0 fully saturated rings. The van der Waals surface area contributed by atoms with Crippen LogP contribution in [-0.2, 0) is 16.0 Å². The molecule has 130 valence electrons. The van der Waals surface area contributed by atoms with Crippen LogP contribution in [0.2, 0.25) is 0 Å². The van der Waals surface area contributed by atoms with E-state index in [0.29, 0.717) is 11.4 Å². The molecule has 1 N–H and O–H groups in total. The van der Waals surface area contributed by atoms with Gasteiger partial charge in [0.05, 0.1) is 0 Å². The fourth-order valence-corrected chi connectivity index (χ4v) is 3.17. The maximum atomic E-state index is 12.9. The number of hydrogen-bond donors (Lipinski definition) is 1. The molecule has 0 saturated carbocycles. The van der Waals surface area contributed by atoms with E-state index in [1.165, 1.54) is 12.5 Å². The van der Waals surface area contributed by atoms with Gasteiger partial charge in [-0.3, -0.25) is 9.59 Å². The lowest BCUT2D eigenvalue weighted by atomic mass is 10.1. The predicted octanol–water partition coefficient (Wildman–Crippen LogP) is 3.39. The number of hydrogen-bond acceptors (Lipinski definition) is 3. The molecule has 2 aromatic rings. The van der Waals surface area contributed by atoms with Crippen molar-refractivity contribution in [1.29, 1.82) is 0 Å². The van der Waals surface area contributed by atoms with Gasteiger partial charge in [0.1, 0.15) is 5.75 Å². The van der Waals surface area contributed by atoms with Gasteiger partial charge in [0.2, 0.25) is 5.91 Å². The van der Waals surface area contributed by atoms with Gasteiger partial charge >= 0.3 is 0 Å². The summed E-state index contributed by atoms with van der Waals surface area (Å²) in [5.74, 6) is 0.414. The molecule has 2 aromatic carbocycles. The summed E-state index contributed by atoms with van der Waals surface area (Å²) in [7, 11) is 0. The molecule has 0 aliphatic carbocycles.